The van der Waals surface area contributed by atoms with E-state index in [0.717, 1.165) is 11.3 Å². The Balaban J connectivity index is 1.79. The summed E-state index contributed by atoms with van der Waals surface area (Å²) in [5.74, 6) is 0.648. The van der Waals surface area contributed by atoms with E-state index >= 15 is 0 Å². The number of ether oxygens (including phenoxy) is 1. The summed E-state index contributed by atoms with van der Waals surface area (Å²) in [6, 6.07) is 25.3. The molecule has 0 aliphatic heterocycles. The Bertz CT molecular complexity index is 1200. The van der Waals surface area contributed by atoms with Crippen LogP contribution < -0.4 is 9.46 Å². The van der Waals surface area contributed by atoms with E-state index in [9.17, 15) is 8.42 Å². The topological polar surface area (TPSA) is 73.2 Å². The Morgan fingerprint density at radius 2 is 1.48 bits per heavy atom. The van der Waals surface area contributed by atoms with Crippen LogP contribution in [-0.4, -0.2) is 25.3 Å². The van der Waals surface area contributed by atoms with Crippen molar-refractivity contribution in [3.05, 3.63) is 91.1 Å². The molecule has 0 atom stereocenters. The summed E-state index contributed by atoms with van der Waals surface area (Å²) >= 11 is 0. The zero-order chi connectivity index (χ0) is 20.3. The van der Waals surface area contributed by atoms with Crippen LogP contribution in [0.2, 0.25) is 0 Å². The van der Waals surface area contributed by atoms with E-state index < -0.39 is 10.0 Å². The second-order valence-corrected chi connectivity index (χ2v) is 7.97. The highest BCUT2D eigenvalue weighted by atomic mass is 32.2. The number of sulfonamides is 1. The van der Waals surface area contributed by atoms with Gasteiger partial charge in [0.25, 0.3) is 10.0 Å². The molecule has 4 aromatic rings. The lowest BCUT2D eigenvalue weighted by atomic mass is 10.2. The smallest absolute Gasteiger partial charge is 0.265 e. The zero-order valence-corrected chi connectivity index (χ0v) is 16.5. The van der Waals surface area contributed by atoms with Gasteiger partial charge in [-0.3, -0.25) is 4.72 Å². The summed E-state index contributed by atoms with van der Waals surface area (Å²) in [6.07, 6.45) is 1.53. The molecule has 0 spiro atoms. The lowest BCUT2D eigenvalue weighted by molar-refractivity contribution is 0.415. The Labute approximate surface area is 169 Å². The molecule has 1 aromatic heterocycles. The first-order valence-electron chi connectivity index (χ1n) is 8.94. The predicted molar refractivity (Wildman–Crippen MR) is 113 cm³/mol. The van der Waals surface area contributed by atoms with E-state index in [4.69, 9.17) is 4.74 Å². The summed E-state index contributed by atoms with van der Waals surface area (Å²) in [5.41, 5.74) is 2.32. The van der Waals surface area contributed by atoms with Crippen LogP contribution >= 0.6 is 0 Å². The SMILES string of the molecule is COc1ccc(NS(=O)(=O)c2cn(-c3ccccc3)nc2-c2ccccc2)cc1. The molecule has 1 heterocycles. The average molecular weight is 405 g/mol. The Morgan fingerprint density at radius 1 is 0.862 bits per heavy atom. The van der Waals surface area contributed by atoms with E-state index in [2.05, 4.69) is 9.82 Å². The fourth-order valence-corrected chi connectivity index (χ4v) is 4.14. The molecule has 6 nitrogen and oxygen atoms in total. The number of methoxy groups -OCH3 is 1. The van der Waals surface area contributed by atoms with E-state index in [1.54, 1.807) is 36.1 Å². The molecule has 7 heteroatoms. The van der Waals surface area contributed by atoms with Gasteiger partial charge >= 0.3 is 0 Å². The maximum atomic E-state index is 13.2. The monoisotopic (exact) mass is 405 g/mol. The van der Waals surface area contributed by atoms with Crippen molar-refractivity contribution >= 4 is 15.7 Å². The quantitative estimate of drug-likeness (QED) is 0.518. The number of anilines is 1. The van der Waals surface area contributed by atoms with Crippen molar-refractivity contribution in [2.75, 3.05) is 11.8 Å². The number of nitrogens with zero attached hydrogens (tertiary/aromatic N) is 2. The third-order valence-electron chi connectivity index (χ3n) is 4.38. The number of rotatable bonds is 6. The van der Waals surface area contributed by atoms with Crippen molar-refractivity contribution in [1.29, 1.82) is 0 Å². The Hall–Kier alpha value is -3.58. The lowest BCUT2D eigenvalue weighted by Gasteiger charge is -2.09. The van der Waals surface area contributed by atoms with Crippen molar-refractivity contribution < 1.29 is 13.2 Å². The number of nitrogens with one attached hydrogen (secondary N) is 1. The number of para-hydroxylation sites is 1. The van der Waals surface area contributed by atoms with Crippen LogP contribution in [0.4, 0.5) is 5.69 Å². The Kier molecular flexibility index (Phi) is 5.05. The van der Waals surface area contributed by atoms with Gasteiger partial charge in [-0.25, -0.2) is 13.1 Å². The van der Waals surface area contributed by atoms with Gasteiger partial charge in [-0.15, -0.1) is 0 Å². The minimum Gasteiger partial charge on any atom is -0.497 e. The molecule has 4 rings (SSSR count). The third-order valence-corrected chi connectivity index (χ3v) is 5.76. The fourth-order valence-electron chi connectivity index (χ4n) is 2.93. The van der Waals surface area contributed by atoms with Crippen molar-refractivity contribution in [2.45, 2.75) is 4.90 Å². The second-order valence-electron chi connectivity index (χ2n) is 6.32. The van der Waals surface area contributed by atoms with Crippen molar-refractivity contribution in [3.8, 4) is 22.7 Å². The molecule has 3 aromatic carbocycles. The van der Waals surface area contributed by atoms with Crippen LogP contribution in [-0.2, 0) is 10.0 Å². The molecule has 0 radical (unpaired) electrons. The standard InChI is InChI=1S/C22H19N3O3S/c1-28-20-14-12-18(13-15-20)24-29(26,27)21-16-25(19-10-6-3-7-11-19)23-22(21)17-8-4-2-5-9-17/h2-16,24H,1H3. The average Bonchev–Trinajstić information content (AvgIpc) is 3.22. The molecule has 0 amide bonds. The number of hydrogen-bond acceptors (Lipinski definition) is 4. The van der Waals surface area contributed by atoms with Gasteiger partial charge in [-0.05, 0) is 36.4 Å². The normalized spacial score (nSPS) is 11.2. The van der Waals surface area contributed by atoms with Gasteiger partial charge in [-0.2, -0.15) is 5.10 Å². The van der Waals surface area contributed by atoms with Crippen molar-refractivity contribution in [1.82, 2.24) is 9.78 Å². The highest BCUT2D eigenvalue weighted by Gasteiger charge is 2.24. The van der Waals surface area contributed by atoms with Crippen LogP contribution in [0.15, 0.2) is 96.0 Å². The van der Waals surface area contributed by atoms with Gasteiger partial charge in [0.15, 0.2) is 0 Å². The Morgan fingerprint density at radius 3 is 2.10 bits per heavy atom. The van der Waals surface area contributed by atoms with Crippen LogP contribution in [0.1, 0.15) is 0 Å². The predicted octanol–water partition coefficient (Wildman–Crippen LogP) is 4.35. The van der Waals surface area contributed by atoms with Crippen LogP contribution in [0.5, 0.6) is 5.75 Å². The third kappa shape index (κ3) is 4.00. The first-order chi connectivity index (χ1) is 14.1. The van der Waals surface area contributed by atoms with Gasteiger partial charge in [0.1, 0.15) is 16.3 Å². The highest BCUT2D eigenvalue weighted by molar-refractivity contribution is 7.92. The first kappa shape index (κ1) is 18.8. The maximum Gasteiger partial charge on any atom is 0.265 e. The summed E-state index contributed by atoms with van der Waals surface area (Å²) in [7, 11) is -2.31. The van der Waals surface area contributed by atoms with Crippen LogP contribution in [0.25, 0.3) is 16.9 Å². The van der Waals surface area contributed by atoms with Crippen molar-refractivity contribution in [2.24, 2.45) is 0 Å². The molecule has 0 aliphatic rings. The minimum absolute atomic E-state index is 0.100. The highest BCUT2D eigenvalue weighted by Crippen LogP contribution is 2.29. The van der Waals surface area contributed by atoms with E-state index in [1.165, 1.54) is 6.20 Å². The number of hydrogen-bond donors (Lipinski definition) is 1. The molecule has 0 bridgehead atoms. The summed E-state index contributed by atoms with van der Waals surface area (Å²) in [4.78, 5) is 0.100. The largest absolute Gasteiger partial charge is 0.497 e. The van der Waals surface area contributed by atoms with Crippen molar-refractivity contribution in [3.63, 3.8) is 0 Å². The molecule has 0 unspecified atom stereocenters. The van der Waals surface area contributed by atoms with Crippen LogP contribution in [0.3, 0.4) is 0 Å². The van der Waals surface area contributed by atoms with E-state index in [1.807, 2.05) is 60.7 Å². The number of benzene rings is 3. The molecule has 0 fully saturated rings. The summed E-state index contributed by atoms with van der Waals surface area (Å²) in [5, 5.41) is 4.56. The van der Waals surface area contributed by atoms with E-state index in [-0.39, 0.29) is 4.90 Å². The molecule has 0 saturated carbocycles. The molecule has 0 aliphatic carbocycles. The second kappa shape index (κ2) is 7.81. The minimum atomic E-state index is -3.87. The van der Waals surface area contributed by atoms with Gasteiger partial charge in [0.2, 0.25) is 0 Å². The molecular formula is C22H19N3O3S. The molecule has 0 saturated heterocycles. The molecular weight excluding hydrogens is 386 g/mol. The van der Waals surface area contributed by atoms with Gasteiger partial charge < -0.3 is 4.74 Å². The zero-order valence-electron chi connectivity index (χ0n) is 15.7. The molecule has 1 N–H and O–H groups in total. The maximum absolute atomic E-state index is 13.2. The van der Waals surface area contributed by atoms with Gasteiger partial charge in [-0.1, -0.05) is 48.5 Å². The summed E-state index contributed by atoms with van der Waals surface area (Å²) < 4.78 is 35.7. The molecule has 29 heavy (non-hydrogen) atoms. The lowest BCUT2D eigenvalue weighted by Crippen LogP contribution is -2.13. The van der Waals surface area contributed by atoms with Crippen LogP contribution in [0, 0.1) is 0 Å². The van der Waals surface area contributed by atoms with Gasteiger partial charge in [0.05, 0.1) is 19.0 Å². The first-order valence-corrected chi connectivity index (χ1v) is 10.4. The number of aromatic nitrogens is 2. The summed E-state index contributed by atoms with van der Waals surface area (Å²) in [6.45, 7) is 0. The van der Waals surface area contributed by atoms with Gasteiger partial charge in [0, 0.05) is 11.3 Å². The van der Waals surface area contributed by atoms with E-state index in [0.29, 0.717) is 17.1 Å². The molecule has 146 valence electrons. The fraction of sp³-hybridized carbons (Fsp3) is 0.0455.